The number of H-pyrrole nitrogens is 1. The Morgan fingerprint density at radius 1 is 1.44 bits per heavy atom. The smallest absolute Gasteiger partial charge is 0.286 e. The van der Waals surface area contributed by atoms with Crippen LogP contribution in [0.3, 0.4) is 0 Å². The Morgan fingerprint density at radius 3 is 2.62 bits per heavy atom. The molecule has 0 bridgehead atoms. The molecule has 0 aliphatic rings. The fourth-order valence-corrected chi connectivity index (χ4v) is 1.46. The largest absolute Gasteiger partial charge is 0.356 e. The maximum Gasteiger partial charge on any atom is 0.286 e. The van der Waals surface area contributed by atoms with Crippen molar-refractivity contribution >= 4 is 27.7 Å². The van der Waals surface area contributed by atoms with Crippen molar-refractivity contribution < 1.29 is 9.59 Å². The summed E-state index contributed by atoms with van der Waals surface area (Å²) in [5.41, 5.74) is 5.06. The van der Waals surface area contributed by atoms with Crippen molar-refractivity contribution in [2.45, 2.75) is 20.3 Å². The predicted molar refractivity (Wildman–Crippen MR) is 63.6 cm³/mol. The summed E-state index contributed by atoms with van der Waals surface area (Å²) in [4.78, 5) is 25.5. The van der Waals surface area contributed by atoms with Crippen molar-refractivity contribution in [3.05, 3.63) is 22.4 Å². The number of aromatic nitrogens is 1. The molecule has 1 aromatic heterocycles. The van der Waals surface area contributed by atoms with E-state index in [1.54, 1.807) is 12.3 Å². The van der Waals surface area contributed by atoms with Crippen LogP contribution >= 0.6 is 15.9 Å². The summed E-state index contributed by atoms with van der Waals surface area (Å²) in [6.45, 7) is 3.87. The molecule has 5 nitrogen and oxygen atoms in total. The van der Waals surface area contributed by atoms with Gasteiger partial charge >= 0.3 is 0 Å². The van der Waals surface area contributed by atoms with E-state index in [-0.39, 0.29) is 17.7 Å². The average molecular weight is 288 g/mol. The van der Waals surface area contributed by atoms with Gasteiger partial charge in [-0.1, -0.05) is 13.8 Å². The molecule has 0 saturated heterocycles. The highest BCUT2D eigenvalue weighted by atomic mass is 79.9. The summed E-state index contributed by atoms with van der Waals surface area (Å²) in [5, 5.41) is 0. The highest BCUT2D eigenvalue weighted by Gasteiger charge is 2.09. The molecule has 1 heterocycles. The van der Waals surface area contributed by atoms with Gasteiger partial charge in [0.05, 0.1) is 0 Å². The molecule has 16 heavy (non-hydrogen) atoms. The molecule has 0 saturated carbocycles. The van der Waals surface area contributed by atoms with Gasteiger partial charge < -0.3 is 4.98 Å². The van der Waals surface area contributed by atoms with Gasteiger partial charge in [0.15, 0.2) is 0 Å². The highest BCUT2D eigenvalue weighted by Crippen LogP contribution is 2.09. The average Bonchev–Trinajstić information content (AvgIpc) is 2.60. The minimum absolute atomic E-state index is 0.200. The number of aromatic amines is 1. The molecule has 0 aliphatic carbocycles. The minimum atomic E-state index is -0.372. The van der Waals surface area contributed by atoms with Crippen molar-refractivity contribution in [3.8, 4) is 0 Å². The van der Waals surface area contributed by atoms with Gasteiger partial charge in [0.2, 0.25) is 5.91 Å². The van der Waals surface area contributed by atoms with E-state index < -0.39 is 0 Å². The van der Waals surface area contributed by atoms with Crippen LogP contribution in [0, 0.1) is 5.92 Å². The van der Waals surface area contributed by atoms with Gasteiger partial charge in [-0.2, -0.15) is 0 Å². The third kappa shape index (κ3) is 4.06. The zero-order chi connectivity index (χ0) is 12.1. The monoisotopic (exact) mass is 287 g/mol. The number of carbonyl (C=O) groups excluding carboxylic acids is 2. The molecule has 0 radical (unpaired) electrons. The lowest BCUT2D eigenvalue weighted by Crippen LogP contribution is -2.42. The van der Waals surface area contributed by atoms with E-state index in [0.29, 0.717) is 12.1 Å². The van der Waals surface area contributed by atoms with Crippen molar-refractivity contribution in [1.82, 2.24) is 15.8 Å². The molecule has 0 aromatic carbocycles. The molecule has 3 N–H and O–H groups in total. The van der Waals surface area contributed by atoms with Gasteiger partial charge in [-0.05, 0) is 27.9 Å². The van der Waals surface area contributed by atoms with E-state index in [1.165, 1.54) is 0 Å². The van der Waals surface area contributed by atoms with Crippen LogP contribution in [0.25, 0.3) is 0 Å². The molecule has 0 unspecified atom stereocenters. The zero-order valence-electron chi connectivity index (χ0n) is 9.13. The Morgan fingerprint density at radius 2 is 2.12 bits per heavy atom. The van der Waals surface area contributed by atoms with E-state index >= 15 is 0 Å². The molecule has 0 aliphatic heterocycles. The second kappa shape index (κ2) is 5.69. The maximum atomic E-state index is 11.5. The minimum Gasteiger partial charge on any atom is -0.356 e. The fourth-order valence-electron chi connectivity index (χ4n) is 1.11. The van der Waals surface area contributed by atoms with Crippen molar-refractivity contribution in [1.29, 1.82) is 0 Å². The van der Waals surface area contributed by atoms with Crippen LogP contribution in [0.2, 0.25) is 0 Å². The second-order valence-corrected chi connectivity index (χ2v) is 4.75. The molecule has 0 atom stereocenters. The van der Waals surface area contributed by atoms with Crippen molar-refractivity contribution in [3.63, 3.8) is 0 Å². The number of carbonyl (C=O) groups is 2. The Hall–Kier alpha value is -1.30. The first-order valence-electron chi connectivity index (χ1n) is 4.92. The van der Waals surface area contributed by atoms with E-state index in [2.05, 4.69) is 31.8 Å². The Labute approximate surface area is 102 Å². The number of hydrazine groups is 1. The number of rotatable bonds is 3. The summed E-state index contributed by atoms with van der Waals surface area (Å²) >= 11 is 3.21. The van der Waals surface area contributed by atoms with Crippen LogP contribution < -0.4 is 10.9 Å². The predicted octanol–water partition coefficient (Wildman–Crippen LogP) is 1.58. The Balaban J connectivity index is 2.38. The molecule has 0 fully saturated rings. The standard InChI is InChI=1S/C10H14BrN3O2/c1-6(2)3-9(15)13-14-10(16)8-4-7(11)5-12-8/h4-6,12H,3H2,1-2H3,(H,13,15)(H,14,16). The summed E-state index contributed by atoms with van der Waals surface area (Å²) in [5.74, 6) is -0.312. The van der Waals surface area contributed by atoms with E-state index in [9.17, 15) is 9.59 Å². The topological polar surface area (TPSA) is 74.0 Å². The summed E-state index contributed by atoms with van der Waals surface area (Å²) in [6.07, 6.45) is 2.03. The number of halogens is 1. The third-order valence-electron chi connectivity index (χ3n) is 1.80. The summed E-state index contributed by atoms with van der Waals surface area (Å²) in [6, 6.07) is 1.63. The van der Waals surface area contributed by atoms with Gasteiger partial charge in [-0.25, -0.2) is 0 Å². The van der Waals surface area contributed by atoms with Crippen molar-refractivity contribution in [2.24, 2.45) is 5.92 Å². The van der Waals surface area contributed by atoms with Gasteiger partial charge in [0, 0.05) is 17.1 Å². The number of hydrogen-bond donors (Lipinski definition) is 3. The summed E-state index contributed by atoms with van der Waals surface area (Å²) in [7, 11) is 0. The normalized spacial score (nSPS) is 10.2. The molecule has 88 valence electrons. The van der Waals surface area contributed by atoms with Gasteiger partial charge in [0.1, 0.15) is 5.69 Å². The van der Waals surface area contributed by atoms with Gasteiger partial charge in [0.25, 0.3) is 5.91 Å². The first-order chi connectivity index (χ1) is 7.49. The quantitative estimate of drug-likeness (QED) is 0.739. The summed E-state index contributed by atoms with van der Waals surface area (Å²) < 4.78 is 0.783. The lowest BCUT2D eigenvalue weighted by atomic mass is 10.1. The SMILES string of the molecule is CC(C)CC(=O)NNC(=O)c1cc(Br)c[nH]1. The molecule has 1 rings (SSSR count). The van der Waals surface area contributed by atoms with Crippen LogP contribution in [0.1, 0.15) is 30.8 Å². The van der Waals surface area contributed by atoms with E-state index in [1.807, 2.05) is 13.8 Å². The molecule has 1 aromatic rings. The number of nitrogens with one attached hydrogen (secondary N) is 3. The molecular formula is C10H14BrN3O2. The van der Waals surface area contributed by atoms with E-state index in [0.717, 1.165) is 4.47 Å². The van der Waals surface area contributed by atoms with Crippen LogP contribution in [0.5, 0.6) is 0 Å². The van der Waals surface area contributed by atoms with Crippen LogP contribution in [-0.2, 0) is 4.79 Å². The van der Waals surface area contributed by atoms with Crippen molar-refractivity contribution in [2.75, 3.05) is 0 Å². The van der Waals surface area contributed by atoms with E-state index in [4.69, 9.17) is 0 Å². The Kier molecular flexibility index (Phi) is 4.54. The molecule has 2 amide bonds. The maximum absolute atomic E-state index is 11.5. The van der Waals surface area contributed by atoms with Crippen LogP contribution in [-0.4, -0.2) is 16.8 Å². The lowest BCUT2D eigenvalue weighted by Gasteiger charge is -2.07. The molecule has 0 spiro atoms. The second-order valence-electron chi connectivity index (χ2n) is 3.83. The van der Waals surface area contributed by atoms with Crippen LogP contribution in [0.15, 0.2) is 16.7 Å². The molecule has 6 heteroatoms. The highest BCUT2D eigenvalue weighted by molar-refractivity contribution is 9.10. The first-order valence-corrected chi connectivity index (χ1v) is 5.71. The van der Waals surface area contributed by atoms with Crippen LogP contribution in [0.4, 0.5) is 0 Å². The number of hydrogen-bond acceptors (Lipinski definition) is 2. The van der Waals surface area contributed by atoms with Gasteiger partial charge in [-0.3, -0.25) is 20.4 Å². The fraction of sp³-hybridized carbons (Fsp3) is 0.400. The number of amides is 2. The lowest BCUT2D eigenvalue weighted by molar-refractivity contribution is -0.122. The van der Waals surface area contributed by atoms with Gasteiger partial charge in [-0.15, -0.1) is 0 Å². The third-order valence-corrected chi connectivity index (χ3v) is 2.26. The molecular weight excluding hydrogens is 274 g/mol. The first kappa shape index (κ1) is 12.8. The zero-order valence-corrected chi connectivity index (χ0v) is 10.7. The Bertz CT molecular complexity index is 387.